The van der Waals surface area contributed by atoms with Crippen LogP contribution in [0.15, 0.2) is 54.9 Å². The summed E-state index contributed by atoms with van der Waals surface area (Å²) >= 11 is 0. The largest absolute Gasteiger partial charge is 0.480 e. The lowest BCUT2D eigenvalue weighted by molar-refractivity contribution is -0.140. The molecule has 0 saturated carbocycles. The van der Waals surface area contributed by atoms with Crippen LogP contribution in [0.25, 0.3) is 0 Å². The predicted molar refractivity (Wildman–Crippen MR) is 79.4 cm³/mol. The highest BCUT2D eigenvalue weighted by molar-refractivity contribution is 7.59. The number of aliphatic carboxylic acids is 1. The molecule has 0 aliphatic carbocycles. The van der Waals surface area contributed by atoms with Crippen molar-refractivity contribution in [3.63, 3.8) is 0 Å². The number of aromatic nitrogens is 1. The zero-order valence-electron chi connectivity index (χ0n) is 11.5. The van der Waals surface area contributed by atoms with E-state index in [1.807, 2.05) is 0 Å². The van der Waals surface area contributed by atoms with Crippen LogP contribution in [0.3, 0.4) is 0 Å². The Balaban J connectivity index is 2.63. The molecule has 2 N–H and O–H groups in total. The fourth-order valence-electron chi connectivity index (χ4n) is 2.38. The summed E-state index contributed by atoms with van der Waals surface area (Å²) in [5.41, 5.74) is 0.912. The minimum absolute atomic E-state index is 0.0928. The molecule has 0 fully saturated rings. The molecule has 21 heavy (non-hydrogen) atoms. The zero-order chi connectivity index (χ0) is 15.5. The van der Waals surface area contributed by atoms with Crippen LogP contribution in [0.5, 0.6) is 0 Å². The van der Waals surface area contributed by atoms with Crippen molar-refractivity contribution in [3.8, 4) is 0 Å². The summed E-state index contributed by atoms with van der Waals surface area (Å²) in [5.74, 6) is -1.31. The Morgan fingerprint density at radius 1 is 1.24 bits per heavy atom. The number of hydrogen-bond acceptors (Lipinski definition) is 3. The third kappa shape index (κ3) is 2.89. The minimum Gasteiger partial charge on any atom is -0.480 e. The molecule has 6 heteroatoms. The van der Waals surface area contributed by atoms with E-state index in [1.165, 1.54) is 6.20 Å². The van der Waals surface area contributed by atoms with E-state index < -0.39 is 18.5 Å². The zero-order valence-corrected chi connectivity index (χ0v) is 12.4. The van der Waals surface area contributed by atoms with Crippen LogP contribution in [0.4, 0.5) is 0 Å². The lowest BCUT2D eigenvalue weighted by Crippen LogP contribution is -2.37. The maximum atomic E-state index is 12.4. The molecule has 1 aromatic carbocycles. The Morgan fingerprint density at radius 3 is 2.38 bits per heavy atom. The third-order valence-electron chi connectivity index (χ3n) is 3.50. The number of rotatable bonds is 5. The molecule has 0 aliphatic heterocycles. The Kier molecular flexibility index (Phi) is 4.26. The van der Waals surface area contributed by atoms with E-state index in [9.17, 15) is 19.4 Å². The van der Waals surface area contributed by atoms with Gasteiger partial charge >= 0.3 is 5.97 Å². The highest BCUT2D eigenvalue weighted by Gasteiger charge is 2.52. The van der Waals surface area contributed by atoms with Crippen molar-refractivity contribution in [1.29, 1.82) is 0 Å². The maximum Gasteiger partial charge on any atom is 0.324 e. The van der Waals surface area contributed by atoms with E-state index in [4.69, 9.17) is 0 Å². The first kappa shape index (κ1) is 15.4. The second-order valence-electron chi connectivity index (χ2n) is 4.95. The first-order valence-electron chi connectivity index (χ1n) is 6.36. The molecule has 2 atom stereocenters. The average Bonchev–Trinajstić information content (AvgIpc) is 2.45. The fraction of sp³-hybridized carbons (Fsp3) is 0.200. The first-order valence-corrected chi connectivity index (χ1v) is 8.47. The first-order chi connectivity index (χ1) is 9.88. The smallest absolute Gasteiger partial charge is 0.324 e. The summed E-state index contributed by atoms with van der Waals surface area (Å²) in [7, 11) is -3.98. The van der Waals surface area contributed by atoms with Crippen molar-refractivity contribution < 1.29 is 19.4 Å². The van der Waals surface area contributed by atoms with Gasteiger partial charge < -0.3 is 10.00 Å². The summed E-state index contributed by atoms with van der Waals surface area (Å²) in [6.45, 7) is 1.09. The van der Waals surface area contributed by atoms with Crippen LogP contribution in [-0.2, 0) is 20.9 Å². The van der Waals surface area contributed by atoms with Gasteiger partial charge in [-0.2, -0.15) is 0 Å². The number of carboxylic acids is 1. The topological polar surface area (TPSA) is 87.5 Å². The van der Waals surface area contributed by atoms with Crippen molar-refractivity contribution >= 4 is 13.3 Å². The second kappa shape index (κ2) is 5.80. The molecule has 5 nitrogen and oxygen atoms in total. The third-order valence-corrected chi connectivity index (χ3v) is 5.52. The minimum atomic E-state index is -3.98. The van der Waals surface area contributed by atoms with Gasteiger partial charge in [0.1, 0.15) is 0 Å². The molecule has 110 valence electrons. The number of nitrogens with zero attached hydrogens (tertiary/aromatic N) is 1. The molecule has 1 aromatic heterocycles. The van der Waals surface area contributed by atoms with Gasteiger partial charge in [0.25, 0.3) is 0 Å². The molecule has 0 bridgehead atoms. The highest BCUT2D eigenvalue weighted by atomic mass is 31.2. The number of benzene rings is 1. The molecular weight excluding hydrogens is 289 g/mol. The predicted octanol–water partition coefficient (Wildman–Crippen LogP) is 2.50. The molecule has 0 radical (unpaired) electrons. The van der Waals surface area contributed by atoms with Gasteiger partial charge in [-0.3, -0.25) is 14.3 Å². The van der Waals surface area contributed by atoms with Crippen LogP contribution < -0.4 is 0 Å². The van der Waals surface area contributed by atoms with Gasteiger partial charge in [0.05, 0.1) is 0 Å². The van der Waals surface area contributed by atoms with Crippen LogP contribution >= 0.6 is 7.37 Å². The summed E-state index contributed by atoms with van der Waals surface area (Å²) in [4.78, 5) is 26.0. The lowest BCUT2D eigenvalue weighted by Gasteiger charge is -2.32. The number of pyridine rings is 1. The van der Waals surface area contributed by atoms with E-state index in [0.29, 0.717) is 11.1 Å². The molecule has 2 aromatic rings. The fourth-order valence-corrected chi connectivity index (χ4v) is 3.84. The van der Waals surface area contributed by atoms with Gasteiger partial charge in [0.15, 0.2) is 5.16 Å². The Morgan fingerprint density at radius 2 is 1.90 bits per heavy atom. The van der Waals surface area contributed by atoms with Crippen LogP contribution in [0.2, 0.25) is 0 Å². The Bertz CT molecular complexity index is 669. The molecule has 0 saturated heterocycles. The van der Waals surface area contributed by atoms with Gasteiger partial charge in [-0.05, 0) is 17.2 Å². The van der Waals surface area contributed by atoms with Crippen LogP contribution in [0, 0.1) is 0 Å². The Hall–Kier alpha value is -1.97. The van der Waals surface area contributed by atoms with E-state index >= 15 is 0 Å². The number of carbonyl (C=O) groups is 1. The van der Waals surface area contributed by atoms with Crippen molar-refractivity contribution in [2.75, 3.05) is 6.66 Å². The quantitative estimate of drug-likeness (QED) is 0.829. The van der Waals surface area contributed by atoms with E-state index in [-0.39, 0.29) is 6.42 Å². The van der Waals surface area contributed by atoms with Gasteiger partial charge in [-0.25, -0.2) is 0 Å². The molecule has 2 unspecified atom stereocenters. The van der Waals surface area contributed by atoms with Gasteiger partial charge in [0.2, 0.25) is 7.37 Å². The highest BCUT2D eigenvalue weighted by Crippen LogP contribution is 2.59. The van der Waals surface area contributed by atoms with Gasteiger partial charge in [-0.1, -0.05) is 36.4 Å². The summed E-state index contributed by atoms with van der Waals surface area (Å²) in [6.07, 6.45) is 2.99. The van der Waals surface area contributed by atoms with Crippen LogP contribution in [-0.4, -0.2) is 27.6 Å². The van der Waals surface area contributed by atoms with Crippen LogP contribution in [0.1, 0.15) is 11.1 Å². The molecule has 0 spiro atoms. The van der Waals surface area contributed by atoms with E-state index in [0.717, 1.165) is 6.66 Å². The Labute approximate surface area is 122 Å². The van der Waals surface area contributed by atoms with Crippen molar-refractivity contribution in [1.82, 2.24) is 4.98 Å². The standard InChI is InChI=1S/C15H16NO4P/c1-21(19,20)15(14(17)18,13-7-3-2-4-8-13)10-12-6-5-9-16-11-12/h2-9,11H,10H2,1H3,(H,17,18)(H,19,20). The van der Waals surface area contributed by atoms with E-state index in [1.54, 1.807) is 48.7 Å². The number of carboxylic acid groups (broad SMARTS) is 1. The molecule has 0 aliphatic rings. The second-order valence-corrected chi connectivity index (χ2v) is 7.47. The molecule has 2 rings (SSSR count). The maximum absolute atomic E-state index is 12.4. The monoisotopic (exact) mass is 305 g/mol. The summed E-state index contributed by atoms with van der Waals surface area (Å²) in [5, 5.41) is 7.84. The summed E-state index contributed by atoms with van der Waals surface area (Å²) in [6, 6.07) is 11.6. The average molecular weight is 305 g/mol. The van der Waals surface area contributed by atoms with Gasteiger partial charge in [0, 0.05) is 25.5 Å². The van der Waals surface area contributed by atoms with Crippen molar-refractivity contribution in [3.05, 3.63) is 66.0 Å². The summed E-state index contributed by atoms with van der Waals surface area (Å²) < 4.78 is 12.4. The van der Waals surface area contributed by atoms with Crippen molar-refractivity contribution in [2.24, 2.45) is 0 Å². The van der Waals surface area contributed by atoms with Crippen molar-refractivity contribution in [2.45, 2.75) is 11.6 Å². The normalized spacial score (nSPS) is 16.7. The molecule has 1 heterocycles. The molecule has 0 amide bonds. The number of hydrogen-bond donors (Lipinski definition) is 2. The van der Waals surface area contributed by atoms with Gasteiger partial charge in [-0.15, -0.1) is 0 Å². The SMILES string of the molecule is CP(=O)(O)C(Cc1cccnc1)(C(=O)O)c1ccccc1. The lowest BCUT2D eigenvalue weighted by atomic mass is 9.91. The van der Waals surface area contributed by atoms with E-state index in [2.05, 4.69) is 4.98 Å². The molecular formula is C15H16NO4P.